The van der Waals surface area contributed by atoms with Gasteiger partial charge in [-0.05, 0) is 49.4 Å². The zero-order chi connectivity index (χ0) is 19.4. The van der Waals surface area contributed by atoms with E-state index in [9.17, 15) is 9.59 Å². The Morgan fingerprint density at radius 2 is 1.74 bits per heavy atom. The summed E-state index contributed by atoms with van der Waals surface area (Å²) < 4.78 is 0. The first-order chi connectivity index (χ1) is 13.0. The van der Waals surface area contributed by atoms with E-state index < -0.39 is 0 Å². The highest BCUT2D eigenvalue weighted by molar-refractivity contribution is 6.31. The summed E-state index contributed by atoms with van der Waals surface area (Å²) in [4.78, 5) is 29.6. The van der Waals surface area contributed by atoms with Crippen LogP contribution in [0.25, 0.3) is 0 Å². The van der Waals surface area contributed by atoms with Crippen molar-refractivity contribution in [3.05, 3.63) is 64.2 Å². The summed E-state index contributed by atoms with van der Waals surface area (Å²) in [5, 5.41) is 3.43. The van der Waals surface area contributed by atoms with Crippen LogP contribution in [0.3, 0.4) is 0 Å². The van der Waals surface area contributed by atoms with Gasteiger partial charge in [0.1, 0.15) is 0 Å². The van der Waals surface area contributed by atoms with Crippen molar-refractivity contribution in [1.29, 1.82) is 0 Å². The standard InChI is InChI=1S/C21H24ClN3O2/c1-3-24-9-11-25(12-10-24)21(27)17-6-4-5-16(13-17)20(26)23-19-14-18(22)8-7-15(19)2/h4-8,13-14H,3,9-12H2,1-2H3,(H,23,26). The first-order valence-electron chi connectivity index (χ1n) is 9.17. The maximum Gasteiger partial charge on any atom is 0.255 e. The van der Waals surface area contributed by atoms with Crippen LogP contribution in [0.5, 0.6) is 0 Å². The fraction of sp³-hybridized carbons (Fsp3) is 0.333. The largest absolute Gasteiger partial charge is 0.336 e. The first-order valence-corrected chi connectivity index (χ1v) is 9.55. The summed E-state index contributed by atoms with van der Waals surface area (Å²) in [6.45, 7) is 8.23. The molecular weight excluding hydrogens is 362 g/mol. The molecule has 0 atom stereocenters. The van der Waals surface area contributed by atoms with E-state index in [2.05, 4.69) is 17.1 Å². The van der Waals surface area contributed by atoms with Crippen LogP contribution in [0.15, 0.2) is 42.5 Å². The molecule has 0 unspecified atom stereocenters. The Labute approximate surface area is 164 Å². The van der Waals surface area contributed by atoms with Crippen molar-refractivity contribution in [3.63, 3.8) is 0 Å². The number of nitrogens with zero attached hydrogens (tertiary/aromatic N) is 2. The number of amides is 2. The maximum atomic E-state index is 12.8. The number of carbonyl (C=O) groups excluding carboxylic acids is 2. The van der Waals surface area contributed by atoms with Crippen LogP contribution in [0, 0.1) is 6.92 Å². The molecule has 2 amide bonds. The number of piperazine rings is 1. The minimum absolute atomic E-state index is 0.0284. The maximum absolute atomic E-state index is 12.8. The predicted molar refractivity (Wildman–Crippen MR) is 109 cm³/mol. The number of rotatable bonds is 4. The fourth-order valence-electron chi connectivity index (χ4n) is 3.17. The Balaban J connectivity index is 1.72. The smallest absolute Gasteiger partial charge is 0.255 e. The van der Waals surface area contributed by atoms with Crippen LogP contribution < -0.4 is 5.32 Å². The van der Waals surface area contributed by atoms with Gasteiger partial charge in [0.15, 0.2) is 0 Å². The summed E-state index contributed by atoms with van der Waals surface area (Å²) in [5.74, 6) is -0.287. The van der Waals surface area contributed by atoms with Crippen LogP contribution in [0.1, 0.15) is 33.2 Å². The second kappa shape index (κ2) is 8.55. The Bertz CT molecular complexity index is 845. The second-order valence-corrected chi connectivity index (χ2v) is 7.16. The molecule has 1 heterocycles. The molecule has 1 aliphatic rings. The van der Waals surface area contributed by atoms with E-state index in [1.54, 1.807) is 36.4 Å². The van der Waals surface area contributed by atoms with E-state index >= 15 is 0 Å². The molecule has 142 valence electrons. The average molecular weight is 386 g/mol. The van der Waals surface area contributed by atoms with E-state index in [-0.39, 0.29) is 11.8 Å². The third-order valence-corrected chi connectivity index (χ3v) is 5.16. The van der Waals surface area contributed by atoms with E-state index in [4.69, 9.17) is 11.6 Å². The minimum Gasteiger partial charge on any atom is -0.336 e. The Hall–Kier alpha value is -2.37. The lowest BCUT2D eigenvalue weighted by Crippen LogP contribution is -2.48. The van der Waals surface area contributed by atoms with Gasteiger partial charge in [0.2, 0.25) is 0 Å². The van der Waals surface area contributed by atoms with E-state index in [0.29, 0.717) is 34.9 Å². The number of hydrogen-bond donors (Lipinski definition) is 1. The number of benzene rings is 2. The van der Waals surface area contributed by atoms with Gasteiger partial charge in [-0.2, -0.15) is 0 Å². The molecule has 2 aromatic rings. The Morgan fingerprint density at radius 3 is 2.44 bits per heavy atom. The van der Waals surface area contributed by atoms with Crippen molar-refractivity contribution >= 4 is 29.1 Å². The summed E-state index contributed by atoms with van der Waals surface area (Å²) in [6.07, 6.45) is 0. The third kappa shape index (κ3) is 4.67. The topological polar surface area (TPSA) is 52.7 Å². The number of anilines is 1. The second-order valence-electron chi connectivity index (χ2n) is 6.72. The summed E-state index contributed by atoms with van der Waals surface area (Å²) in [5.41, 5.74) is 2.58. The Kier molecular flexibility index (Phi) is 6.14. The average Bonchev–Trinajstić information content (AvgIpc) is 2.70. The molecule has 1 fully saturated rings. The van der Waals surface area contributed by atoms with E-state index in [1.807, 2.05) is 17.9 Å². The number of halogens is 1. The zero-order valence-corrected chi connectivity index (χ0v) is 16.4. The first kappa shape index (κ1) is 19.4. The number of likely N-dealkylation sites (N-methyl/N-ethyl adjacent to an activating group) is 1. The van der Waals surface area contributed by atoms with Crippen LogP contribution >= 0.6 is 11.6 Å². The summed E-state index contributed by atoms with van der Waals surface area (Å²) in [6, 6.07) is 12.2. The van der Waals surface area contributed by atoms with Crippen molar-refractivity contribution in [1.82, 2.24) is 9.80 Å². The minimum atomic E-state index is -0.259. The highest BCUT2D eigenvalue weighted by Crippen LogP contribution is 2.21. The van der Waals surface area contributed by atoms with Gasteiger partial charge < -0.3 is 15.1 Å². The molecule has 0 radical (unpaired) electrons. The highest BCUT2D eigenvalue weighted by Gasteiger charge is 2.22. The number of nitrogens with one attached hydrogen (secondary N) is 1. The molecule has 3 rings (SSSR count). The van der Waals surface area contributed by atoms with Crippen LogP contribution in [-0.4, -0.2) is 54.3 Å². The van der Waals surface area contributed by atoms with Gasteiger partial charge in [-0.25, -0.2) is 0 Å². The van der Waals surface area contributed by atoms with Gasteiger partial charge in [-0.3, -0.25) is 9.59 Å². The lowest BCUT2D eigenvalue weighted by Gasteiger charge is -2.34. The molecule has 0 saturated carbocycles. The molecule has 6 heteroatoms. The van der Waals surface area contributed by atoms with Crippen molar-refractivity contribution < 1.29 is 9.59 Å². The highest BCUT2D eigenvalue weighted by atomic mass is 35.5. The number of aryl methyl sites for hydroxylation is 1. The van der Waals surface area contributed by atoms with Gasteiger partial charge in [-0.1, -0.05) is 30.7 Å². The SMILES string of the molecule is CCN1CCN(C(=O)c2cccc(C(=O)Nc3cc(Cl)ccc3C)c2)CC1. The molecule has 5 nitrogen and oxygen atoms in total. The quantitative estimate of drug-likeness (QED) is 0.873. The van der Waals surface area contributed by atoms with Crippen LogP contribution in [0.4, 0.5) is 5.69 Å². The van der Waals surface area contributed by atoms with Gasteiger partial charge in [0, 0.05) is 48.0 Å². The normalized spacial score (nSPS) is 14.9. The van der Waals surface area contributed by atoms with Gasteiger partial charge in [0.05, 0.1) is 0 Å². The van der Waals surface area contributed by atoms with Gasteiger partial charge in [-0.15, -0.1) is 0 Å². The summed E-state index contributed by atoms with van der Waals surface area (Å²) in [7, 11) is 0. The molecule has 0 aromatic heterocycles. The molecule has 27 heavy (non-hydrogen) atoms. The number of hydrogen-bond acceptors (Lipinski definition) is 3. The van der Waals surface area contributed by atoms with Crippen molar-refractivity contribution in [3.8, 4) is 0 Å². The van der Waals surface area contributed by atoms with Gasteiger partial charge in [0.25, 0.3) is 11.8 Å². The van der Waals surface area contributed by atoms with Crippen LogP contribution in [-0.2, 0) is 0 Å². The summed E-state index contributed by atoms with van der Waals surface area (Å²) >= 11 is 6.01. The Morgan fingerprint density at radius 1 is 1.04 bits per heavy atom. The molecule has 0 aliphatic carbocycles. The molecule has 1 N–H and O–H groups in total. The van der Waals surface area contributed by atoms with Gasteiger partial charge >= 0.3 is 0 Å². The predicted octanol–water partition coefficient (Wildman–Crippen LogP) is 3.68. The third-order valence-electron chi connectivity index (χ3n) is 4.93. The fourth-order valence-corrected chi connectivity index (χ4v) is 3.34. The lowest BCUT2D eigenvalue weighted by atomic mass is 10.1. The molecule has 0 bridgehead atoms. The molecule has 2 aromatic carbocycles. The lowest BCUT2D eigenvalue weighted by molar-refractivity contribution is 0.0643. The van der Waals surface area contributed by atoms with Crippen molar-refractivity contribution in [2.75, 3.05) is 38.0 Å². The molecule has 1 aliphatic heterocycles. The van der Waals surface area contributed by atoms with Crippen molar-refractivity contribution in [2.45, 2.75) is 13.8 Å². The molecule has 0 spiro atoms. The van der Waals surface area contributed by atoms with E-state index in [0.717, 1.165) is 25.2 Å². The molecule has 1 saturated heterocycles. The molecular formula is C21H24ClN3O2. The van der Waals surface area contributed by atoms with E-state index in [1.165, 1.54) is 0 Å². The van der Waals surface area contributed by atoms with Crippen LogP contribution in [0.2, 0.25) is 5.02 Å². The monoisotopic (exact) mass is 385 g/mol. The van der Waals surface area contributed by atoms with Crippen molar-refractivity contribution in [2.24, 2.45) is 0 Å². The number of carbonyl (C=O) groups is 2. The zero-order valence-electron chi connectivity index (χ0n) is 15.7.